The number of benzene rings is 2. The van der Waals surface area contributed by atoms with Gasteiger partial charge in [0.15, 0.2) is 12.4 Å². The number of anilines is 1. The van der Waals surface area contributed by atoms with E-state index in [0.717, 1.165) is 25.1 Å². The number of ketones is 1. The van der Waals surface area contributed by atoms with Crippen molar-refractivity contribution in [2.75, 3.05) is 25.0 Å². The summed E-state index contributed by atoms with van der Waals surface area (Å²) in [6, 6.07) is 13.5. The quantitative estimate of drug-likeness (QED) is 0.770. The van der Waals surface area contributed by atoms with Gasteiger partial charge in [-0.25, -0.2) is 0 Å². The van der Waals surface area contributed by atoms with E-state index in [1.165, 1.54) is 18.1 Å². The summed E-state index contributed by atoms with van der Waals surface area (Å²) in [4.78, 5) is 25.7. The molecule has 1 heterocycles. The third kappa shape index (κ3) is 5.12. The molecule has 1 fully saturated rings. The normalized spacial score (nSPS) is 16.5. The Hall–Kier alpha value is -2.82. The lowest BCUT2D eigenvalue weighted by atomic mass is 10.0. The maximum Gasteiger partial charge on any atom is 0.260 e. The van der Waals surface area contributed by atoms with Gasteiger partial charge in [-0.3, -0.25) is 9.59 Å². The van der Waals surface area contributed by atoms with Crippen LogP contribution in [-0.4, -0.2) is 42.3 Å². The number of nitrogens with zero attached hydrogens (tertiary/aromatic N) is 1. The predicted molar refractivity (Wildman–Crippen MR) is 111 cm³/mol. The molecule has 5 nitrogen and oxygen atoms in total. The van der Waals surface area contributed by atoms with Gasteiger partial charge in [0.05, 0.1) is 0 Å². The van der Waals surface area contributed by atoms with E-state index in [9.17, 15) is 9.59 Å². The van der Waals surface area contributed by atoms with E-state index in [4.69, 9.17) is 4.74 Å². The number of hydrogen-bond acceptors (Lipinski definition) is 4. The molecule has 5 heteroatoms. The van der Waals surface area contributed by atoms with Crippen molar-refractivity contribution in [1.29, 1.82) is 0 Å². The average Bonchev–Trinajstić information content (AvgIpc) is 2.69. The van der Waals surface area contributed by atoms with Gasteiger partial charge < -0.3 is 15.0 Å². The molecule has 2 aromatic carbocycles. The van der Waals surface area contributed by atoms with E-state index in [0.29, 0.717) is 17.9 Å². The molecule has 0 unspecified atom stereocenters. The molecule has 0 spiro atoms. The molecule has 0 radical (unpaired) electrons. The molecule has 28 heavy (non-hydrogen) atoms. The standard InChI is InChI=1S/C23H28N2O3/c1-16-6-9-20(13-17(16)2)24-21-5-4-12-25(14-21)23(27)15-28-22-10-7-19(8-11-22)18(3)26/h6-11,13,21,24H,4-5,12,14-15H2,1-3H3/t21-/m1/s1. The van der Waals surface area contributed by atoms with Crippen molar-refractivity contribution in [2.45, 2.75) is 39.7 Å². The third-order valence-corrected chi connectivity index (χ3v) is 5.27. The maximum absolute atomic E-state index is 12.6. The average molecular weight is 380 g/mol. The van der Waals surface area contributed by atoms with E-state index < -0.39 is 0 Å². The Morgan fingerprint density at radius 3 is 2.54 bits per heavy atom. The first-order valence-electron chi connectivity index (χ1n) is 9.78. The minimum absolute atomic E-state index is 0.00970. The van der Waals surface area contributed by atoms with Crippen LogP contribution < -0.4 is 10.1 Å². The third-order valence-electron chi connectivity index (χ3n) is 5.27. The summed E-state index contributed by atoms with van der Waals surface area (Å²) in [5.41, 5.74) is 4.27. The first-order chi connectivity index (χ1) is 13.4. The summed E-state index contributed by atoms with van der Waals surface area (Å²) in [5.74, 6) is 0.598. The Labute approximate surface area is 166 Å². The molecule has 1 saturated heterocycles. The van der Waals surface area contributed by atoms with Crippen LogP contribution in [0.5, 0.6) is 5.75 Å². The van der Waals surface area contributed by atoms with Crippen molar-refractivity contribution in [3.63, 3.8) is 0 Å². The molecular formula is C23H28N2O3. The lowest BCUT2D eigenvalue weighted by molar-refractivity contribution is -0.134. The second kappa shape index (κ2) is 8.91. The largest absolute Gasteiger partial charge is 0.484 e. The second-order valence-electron chi connectivity index (χ2n) is 7.49. The molecule has 1 aliphatic rings. The lowest BCUT2D eigenvalue weighted by Crippen LogP contribution is -2.46. The predicted octanol–water partition coefficient (Wildman–Crippen LogP) is 3.99. The zero-order chi connectivity index (χ0) is 20.1. The lowest BCUT2D eigenvalue weighted by Gasteiger charge is -2.33. The fourth-order valence-corrected chi connectivity index (χ4v) is 3.41. The highest BCUT2D eigenvalue weighted by atomic mass is 16.5. The number of carbonyl (C=O) groups is 2. The molecule has 3 rings (SSSR count). The van der Waals surface area contributed by atoms with E-state index in [2.05, 4.69) is 37.4 Å². The summed E-state index contributed by atoms with van der Waals surface area (Å²) in [6.07, 6.45) is 2.02. The molecule has 0 saturated carbocycles. The number of amides is 1. The van der Waals surface area contributed by atoms with Gasteiger partial charge in [-0.05, 0) is 81.1 Å². The Kier molecular flexibility index (Phi) is 6.34. The SMILES string of the molecule is CC(=O)c1ccc(OCC(=O)N2CCC[C@@H](Nc3ccc(C)c(C)c3)C2)cc1. The molecule has 1 amide bonds. The van der Waals surface area contributed by atoms with Crippen molar-refractivity contribution in [1.82, 2.24) is 4.90 Å². The number of nitrogens with one attached hydrogen (secondary N) is 1. The number of piperidine rings is 1. The summed E-state index contributed by atoms with van der Waals surface area (Å²) in [6.45, 7) is 7.19. The van der Waals surface area contributed by atoms with Crippen LogP contribution >= 0.6 is 0 Å². The van der Waals surface area contributed by atoms with E-state index in [-0.39, 0.29) is 24.3 Å². The fourth-order valence-electron chi connectivity index (χ4n) is 3.41. The summed E-state index contributed by atoms with van der Waals surface area (Å²) < 4.78 is 5.62. The van der Waals surface area contributed by atoms with Gasteiger partial charge in [0.2, 0.25) is 0 Å². The highest BCUT2D eigenvalue weighted by molar-refractivity contribution is 5.94. The Bertz CT molecular complexity index is 845. The molecule has 148 valence electrons. The number of hydrogen-bond donors (Lipinski definition) is 1. The van der Waals surface area contributed by atoms with Crippen molar-refractivity contribution in [3.8, 4) is 5.75 Å². The van der Waals surface area contributed by atoms with Crippen LogP contribution in [-0.2, 0) is 4.79 Å². The van der Waals surface area contributed by atoms with Gasteiger partial charge >= 0.3 is 0 Å². The summed E-state index contributed by atoms with van der Waals surface area (Å²) in [7, 11) is 0. The van der Waals surface area contributed by atoms with Gasteiger partial charge in [-0.1, -0.05) is 6.07 Å². The zero-order valence-corrected chi connectivity index (χ0v) is 16.8. The highest BCUT2D eigenvalue weighted by Gasteiger charge is 2.24. The number of aryl methyl sites for hydroxylation is 2. The number of likely N-dealkylation sites (tertiary alicyclic amines) is 1. The topological polar surface area (TPSA) is 58.6 Å². The van der Waals surface area contributed by atoms with Crippen LogP contribution in [0.4, 0.5) is 5.69 Å². The zero-order valence-electron chi connectivity index (χ0n) is 16.8. The Morgan fingerprint density at radius 2 is 1.86 bits per heavy atom. The van der Waals surface area contributed by atoms with Crippen molar-refractivity contribution >= 4 is 17.4 Å². The minimum Gasteiger partial charge on any atom is -0.484 e. The van der Waals surface area contributed by atoms with Gasteiger partial charge in [-0.15, -0.1) is 0 Å². The minimum atomic E-state index is -0.0118. The monoisotopic (exact) mass is 380 g/mol. The van der Waals surface area contributed by atoms with Crippen molar-refractivity contribution in [3.05, 3.63) is 59.2 Å². The molecule has 2 aromatic rings. The van der Waals surface area contributed by atoms with Crippen molar-refractivity contribution in [2.24, 2.45) is 0 Å². The molecule has 1 aliphatic heterocycles. The second-order valence-corrected chi connectivity index (χ2v) is 7.49. The maximum atomic E-state index is 12.6. The van der Waals surface area contributed by atoms with Gasteiger partial charge in [0.25, 0.3) is 5.91 Å². The van der Waals surface area contributed by atoms with Crippen molar-refractivity contribution < 1.29 is 14.3 Å². The van der Waals surface area contributed by atoms with Crippen LogP contribution in [0, 0.1) is 13.8 Å². The van der Waals surface area contributed by atoms with E-state index >= 15 is 0 Å². The van der Waals surface area contributed by atoms with Crippen LogP contribution in [0.15, 0.2) is 42.5 Å². The Morgan fingerprint density at radius 1 is 1.11 bits per heavy atom. The van der Waals surface area contributed by atoms with Gasteiger partial charge in [0, 0.05) is 30.4 Å². The number of Topliss-reactive ketones (excluding diaryl/α,β-unsaturated/α-hetero) is 1. The van der Waals surface area contributed by atoms with Crippen LogP contribution in [0.3, 0.4) is 0 Å². The number of rotatable bonds is 6. The summed E-state index contributed by atoms with van der Waals surface area (Å²) in [5, 5.41) is 3.56. The number of ether oxygens (including phenoxy) is 1. The molecular weight excluding hydrogens is 352 g/mol. The first kappa shape index (κ1) is 19.9. The van der Waals surface area contributed by atoms with E-state index in [1.54, 1.807) is 24.3 Å². The van der Waals surface area contributed by atoms with Gasteiger partial charge in [0.1, 0.15) is 5.75 Å². The van der Waals surface area contributed by atoms with Crippen LogP contribution in [0.1, 0.15) is 41.3 Å². The molecule has 0 aliphatic carbocycles. The molecule has 1 N–H and O–H groups in total. The fraction of sp³-hybridized carbons (Fsp3) is 0.391. The van der Waals surface area contributed by atoms with Gasteiger partial charge in [-0.2, -0.15) is 0 Å². The number of carbonyl (C=O) groups excluding carboxylic acids is 2. The van der Waals surface area contributed by atoms with Crippen LogP contribution in [0.2, 0.25) is 0 Å². The molecule has 1 atom stereocenters. The molecule has 0 bridgehead atoms. The Balaban J connectivity index is 1.52. The smallest absolute Gasteiger partial charge is 0.260 e. The molecule has 0 aromatic heterocycles. The van der Waals surface area contributed by atoms with Crippen LogP contribution in [0.25, 0.3) is 0 Å². The highest BCUT2D eigenvalue weighted by Crippen LogP contribution is 2.19. The summed E-state index contributed by atoms with van der Waals surface area (Å²) >= 11 is 0. The van der Waals surface area contributed by atoms with E-state index in [1.807, 2.05) is 4.90 Å². The first-order valence-corrected chi connectivity index (χ1v) is 9.78.